The molecule has 1 unspecified atom stereocenters. The van der Waals surface area contributed by atoms with Gasteiger partial charge in [-0.25, -0.2) is 0 Å². The number of aromatic nitrogens is 1. The fourth-order valence-electron chi connectivity index (χ4n) is 1.61. The van der Waals surface area contributed by atoms with Gasteiger partial charge in [-0.15, -0.1) is 11.6 Å². The van der Waals surface area contributed by atoms with E-state index in [1.165, 1.54) is 0 Å². The highest BCUT2D eigenvalue weighted by Gasteiger charge is 2.12. The van der Waals surface area contributed by atoms with Crippen LogP contribution < -0.4 is 0 Å². The number of hydrogen-bond donors (Lipinski definition) is 0. The minimum absolute atomic E-state index is 0.264. The molecule has 1 atom stereocenters. The zero-order valence-corrected chi connectivity index (χ0v) is 8.78. The second-order valence-electron chi connectivity index (χ2n) is 3.25. The Kier molecular flexibility index (Phi) is 2.84. The van der Waals surface area contributed by atoms with Crippen LogP contribution >= 0.6 is 11.6 Å². The van der Waals surface area contributed by atoms with E-state index in [0.29, 0.717) is 5.88 Å². The van der Waals surface area contributed by atoms with Gasteiger partial charge in [-0.05, 0) is 17.7 Å². The van der Waals surface area contributed by atoms with Crippen molar-refractivity contribution < 1.29 is 0 Å². The van der Waals surface area contributed by atoms with Gasteiger partial charge >= 0.3 is 0 Å². The molecule has 0 N–H and O–H groups in total. The molecule has 0 spiro atoms. The van der Waals surface area contributed by atoms with Gasteiger partial charge in [0.1, 0.15) is 0 Å². The van der Waals surface area contributed by atoms with Gasteiger partial charge in [-0.2, -0.15) is 5.26 Å². The summed E-state index contributed by atoms with van der Waals surface area (Å²) in [6.07, 6.45) is 1.72. The molecule has 0 aliphatic rings. The van der Waals surface area contributed by atoms with E-state index in [-0.39, 0.29) is 5.92 Å². The number of para-hydroxylation sites is 1. The first kappa shape index (κ1) is 9.95. The van der Waals surface area contributed by atoms with Crippen LogP contribution in [0.25, 0.3) is 10.9 Å². The van der Waals surface area contributed by atoms with Crippen LogP contribution in [-0.2, 0) is 0 Å². The molecule has 0 saturated carbocycles. The molecule has 0 fully saturated rings. The lowest BCUT2D eigenvalue weighted by Gasteiger charge is -2.08. The molecular weight excluding hydrogens is 208 g/mol. The maximum absolute atomic E-state index is 8.98. The molecule has 2 rings (SSSR count). The predicted octanol–water partition coefficient (Wildman–Crippen LogP) is 3.08. The second-order valence-corrected chi connectivity index (χ2v) is 3.56. The highest BCUT2D eigenvalue weighted by Crippen LogP contribution is 2.24. The SMILES string of the molecule is N#CC(CCl)c1ccnc2ccccc12. The molecule has 0 radical (unpaired) electrons. The van der Waals surface area contributed by atoms with Crippen molar-refractivity contribution in [2.45, 2.75) is 5.92 Å². The molecular formula is C12H9ClN2. The van der Waals surface area contributed by atoms with Gasteiger partial charge in [0.15, 0.2) is 0 Å². The Morgan fingerprint density at radius 1 is 1.33 bits per heavy atom. The predicted molar refractivity (Wildman–Crippen MR) is 60.8 cm³/mol. The first-order chi connectivity index (χ1) is 7.36. The van der Waals surface area contributed by atoms with E-state index in [1.54, 1.807) is 6.20 Å². The lowest BCUT2D eigenvalue weighted by molar-refractivity contribution is 0.999. The Balaban J connectivity index is 2.66. The molecule has 74 valence electrons. The smallest absolute Gasteiger partial charge is 0.0855 e. The van der Waals surface area contributed by atoms with E-state index < -0.39 is 0 Å². The van der Waals surface area contributed by atoms with E-state index in [9.17, 15) is 0 Å². The van der Waals surface area contributed by atoms with Crippen LogP contribution in [0.5, 0.6) is 0 Å². The summed E-state index contributed by atoms with van der Waals surface area (Å²) in [5.41, 5.74) is 1.86. The summed E-state index contributed by atoms with van der Waals surface area (Å²) in [7, 11) is 0. The summed E-state index contributed by atoms with van der Waals surface area (Å²) in [5.74, 6) is 0.0457. The Morgan fingerprint density at radius 2 is 2.13 bits per heavy atom. The fraction of sp³-hybridized carbons (Fsp3) is 0.167. The van der Waals surface area contributed by atoms with Crippen molar-refractivity contribution in [1.29, 1.82) is 5.26 Å². The van der Waals surface area contributed by atoms with E-state index in [2.05, 4.69) is 11.1 Å². The second kappa shape index (κ2) is 4.29. The van der Waals surface area contributed by atoms with E-state index >= 15 is 0 Å². The Hall–Kier alpha value is -1.59. The number of halogens is 1. The minimum atomic E-state index is -0.264. The summed E-state index contributed by atoms with van der Waals surface area (Å²) in [6, 6.07) is 11.8. The van der Waals surface area contributed by atoms with Gasteiger partial charge in [0.05, 0.1) is 17.5 Å². The summed E-state index contributed by atoms with van der Waals surface area (Å²) < 4.78 is 0. The molecule has 1 heterocycles. The molecule has 0 bridgehead atoms. The summed E-state index contributed by atoms with van der Waals surface area (Å²) in [6.45, 7) is 0. The van der Waals surface area contributed by atoms with Crippen molar-refractivity contribution in [1.82, 2.24) is 4.98 Å². The molecule has 1 aromatic carbocycles. The van der Waals surface area contributed by atoms with Crippen LogP contribution in [0.4, 0.5) is 0 Å². The van der Waals surface area contributed by atoms with Crippen LogP contribution in [0.1, 0.15) is 11.5 Å². The van der Waals surface area contributed by atoms with Crippen molar-refractivity contribution >= 4 is 22.5 Å². The van der Waals surface area contributed by atoms with Gasteiger partial charge in [0, 0.05) is 17.5 Å². The van der Waals surface area contributed by atoms with Gasteiger partial charge in [-0.3, -0.25) is 4.98 Å². The lowest BCUT2D eigenvalue weighted by atomic mass is 9.99. The standard InChI is InChI=1S/C12H9ClN2/c13-7-9(8-14)10-5-6-15-12-4-2-1-3-11(10)12/h1-6,9H,7H2. The number of alkyl halides is 1. The molecule has 0 amide bonds. The summed E-state index contributed by atoms with van der Waals surface area (Å²) >= 11 is 5.76. The maximum Gasteiger partial charge on any atom is 0.0855 e. The highest BCUT2D eigenvalue weighted by molar-refractivity contribution is 6.18. The first-order valence-electron chi connectivity index (χ1n) is 4.66. The Labute approximate surface area is 93.1 Å². The minimum Gasteiger partial charge on any atom is -0.256 e. The number of fused-ring (bicyclic) bond motifs is 1. The topological polar surface area (TPSA) is 36.7 Å². The number of hydrogen-bond acceptors (Lipinski definition) is 2. The van der Waals surface area contributed by atoms with E-state index in [1.807, 2.05) is 30.3 Å². The molecule has 1 aromatic heterocycles. The average molecular weight is 217 g/mol. The number of pyridine rings is 1. The maximum atomic E-state index is 8.98. The third kappa shape index (κ3) is 1.79. The first-order valence-corrected chi connectivity index (χ1v) is 5.19. The van der Waals surface area contributed by atoms with Crippen molar-refractivity contribution in [2.24, 2.45) is 0 Å². The quantitative estimate of drug-likeness (QED) is 0.724. The number of rotatable bonds is 2. The van der Waals surface area contributed by atoms with Crippen LogP contribution in [0.3, 0.4) is 0 Å². The van der Waals surface area contributed by atoms with Crippen molar-refractivity contribution in [3.05, 3.63) is 42.1 Å². The third-order valence-corrected chi connectivity index (χ3v) is 2.68. The molecule has 0 saturated heterocycles. The summed E-state index contributed by atoms with van der Waals surface area (Å²) in [5, 5.41) is 9.99. The van der Waals surface area contributed by atoms with Crippen molar-refractivity contribution in [3.63, 3.8) is 0 Å². The third-order valence-electron chi connectivity index (χ3n) is 2.37. The number of nitrogens with zero attached hydrogens (tertiary/aromatic N) is 2. The largest absolute Gasteiger partial charge is 0.256 e. The zero-order chi connectivity index (χ0) is 10.7. The van der Waals surface area contributed by atoms with Crippen LogP contribution in [0.2, 0.25) is 0 Å². The zero-order valence-electron chi connectivity index (χ0n) is 8.02. The van der Waals surface area contributed by atoms with Gasteiger partial charge in [-0.1, -0.05) is 18.2 Å². The van der Waals surface area contributed by atoms with E-state index in [4.69, 9.17) is 16.9 Å². The summed E-state index contributed by atoms with van der Waals surface area (Å²) in [4.78, 5) is 4.24. The highest BCUT2D eigenvalue weighted by atomic mass is 35.5. The molecule has 15 heavy (non-hydrogen) atoms. The molecule has 0 aliphatic carbocycles. The Morgan fingerprint density at radius 3 is 2.87 bits per heavy atom. The van der Waals surface area contributed by atoms with Crippen molar-refractivity contribution in [3.8, 4) is 6.07 Å². The van der Waals surface area contributed by atoms with E-state index in [0.717, 1.165) is 16.5 Å². The van der Waals surface area contributed by atoms with Crippen LogP contribution in [0, 0.1) is 11.3 Å². The lowest BCUT2D eigenvalue weighted by Crippen LogP contribution is -1.98. The van der Waals surface area contributed by atoms with Crippen LogP contribution in [-0.4, -0.2) is 10.9 Å². The number of nitriles is 1. The Bertz CT molecular complexity index is 511. The molecule has 2 nitrogen and oxygen atoms in total. The van der Waals surface area contributed by atoms with Gasteiger partial charge < -0.3 is 0 Å². The monoisotopic (exact) mass is 216 g/mol. The van der Waals surface area contributed by atoms with Gasteiger partial charge in [0.25, 0.3) is 0 Å². The number of benzene rings is 1. The molecule has 0 aliphatic heterocycles. The molecule has 3 heteroatoms. The van der Waals surface area contributed by atoms with Crippen molar-refractivity contribution in [2.75, 3.05) is 5.88 Å². The molecule has 2 aromatic rings. The average Bonchev–Trinajstić information content (AvgIpc) is 2.31. The normalized spacial score (nSPS) is 12.3. The fourth-order valence-corrected chi connectivity index (χ4v) is 1.84. The van der Waals surface area contributed by atoms with Crippen LogP contribution in [0.15, 0.2) is 36.5 Å². The van der Waals surface area contributed by atoms with Gasteiger partial charge in [0.2, 0.25) is 0 Å².